The Morgan fingerprint density at radius 2 is 2.06 bits per heavy atom. The van der Waals surface area contributed by atoms with Crippen molar-refractivity contribution in [3.05, 3.63) is 71.0 Å². The second-order valence-corrected chi connectivity index (χ2v) is 8.28. The fourth-order valence-electron chi connectivity index (χ4n) is 4.00. The molecule has 4 rings (SSSR count). The zero-order valence-electron chi connectivity index (χ0n) is 17.4. The molecule has 0 bridgehead atoms. The Kier molecular flexibility index (Phi) is 6.66. The molecule has 2 heterocycles. The maximum absolute atomic E-state index is 13.6. The SMILES string of the molecule is CCc1cccc(N(C(=O)c2csnn2)[C@H](C(=O)NC2CCCC2)c2cccnc2)c1. The highest BCUT2D eigenvalue weighted by atomic mass is 32.1. The van der Waals surface area contributed by atoms with E-state index in [0.29, 0.717) is 11.3 Å². The highest BCUT2D eigenvalue weighted by Gasteiger charge is 2.35. The van der Waals surface area contributed by atoms with Gasteiger partial charge in [-0.1, -0.05) is 42.5 Å². The molecule has 0 spiro atoms. The summed E-state index contributed by atoms with van der Waals surface area (Å²) < 4.78 is 3.84. The van der Waals surface area contributed by atoms with E-state index in [-0.39, 0.29) is 23.6 Å². The zero-order valence-corrected chi connectivity index (χ0v) is 18.2. The number of aryl methyl sites for hydroxylation is 1. The summed E-state index contributed by atoms with van der Waals surface area (Å²) in [5.74, 6) is -0.573. The Bertz CT molecular complexity index is 1020. The number of rotatable bonds is 7. The Morgan fingerprint density at radius 1 is 1.23 bits per heavy atom. The Morgan fingerprint density at radius 3 is 2.74 bits per heavy atom. The van der Waals surface area contributed by atoms with E-state index in [9.17, 15) is 9.59 Å². The molecule has 3 aromatic rings. The highest BCUT2D eigenvalue weighted by molar-refractivity contribution is 7.03. The van der Waals surface area contributed by atoms with E-state index in [4.69, 9.17) is 0 Å². The van der Waals surface area contributed by atoms with Crippen LogP contribution < -0.4 is 10.2 Å². The van der Waals surface area contributed by atoms with Crippen LogP contribution in [0.5, 0.6) is 0 Å². The maximum atomic E-state index is 13.6. The van der Waals surface area contributed by atoms with Crippen LogP contribution in [0.3, 0.4) is 0 Å². The van der Waals surface area contributed by atoms with Crippen LogP contribution in [-0.4, -0.2) is 32.4 Å². The molecule has 1 aliphatic carbocycles. The first-order chi connectivity index (χ1) is 15.2. The molecule has 0 saturated heterocycles. The summed E-state index contributed by atoms with van der Waals surface area (Å²) in [5, 5.41) is 8.74. The second-order valence-electron chi connectivity index (χ2n) is 7.67. The number of hydrogen-bond acceptors (Lipinski definition) is 6. The third-order valence-corrected chi connectivity index (χ3v) is 6.11. The summed E-state index contributed by atoms with van der Waals surface area (Å²) in [7, 11) is 0. The average Bonchev–Trinajstić information content (AvgIpc) is 3.52. The van der Waals surface area contributed by atoms with Gasteiger partial charge < -0.3 is 5.32 Å². The van der Waals surface area contributed by atoms with Crippen LogP contribution in [0, 0.1) is 0 Å². The van der Waals surface area contributed by atoms with Gasteiger partial charge in [0, 0.05) is 35.1 Å². The minimum Gasteiger partial charge on any atom is -0.351 e. The monoisotopic (exact) mass is 435 g/mol. The van der Waals surface area contributed by atoms with Gasteiger partial charge in [0.25, 0.3) is 5.91 Å². The van der Waals surface area contributed by atoms with Gasteiger partial charge in [-0.25, -0.2) is 0 Å². The topological polar surface area (TPSA) is 88.1 Å². The predicted octanol–water partition coefficient (Wildman–Crippen LogP) is 3.94. The van der Waals surface area contributed by atoms with Gasteiger partial charge in [-0.3, -0.25) is 19.5 Å². The first-order valence-corrected chi connectivity index (χ1v) is 11.4. The van der Waals surface area contributed by atoms with Crippen LogP contribution in [0.2, 0.25) is 0 Å². The van der Waals surface area contributed by atoms with Crippen molar-refractivity contribution in [1.82, 2.24) is 19.9 Å². The van der Waals surface area contributed by atoms with Crippen LogP contribution in [0.1, 0.15) is 60.3 Å². The van der Waals surface area contributed by atoms with Crippen LogP contribution in [0.4, 0.5) is 5.69 Å². The van der Waals surface area contributed by atoms with Crippen LogP contribution in [-0.2, 0) is 11.2 Å². The van der Waals surface area contributed by atoms with Crippen molar-refractivity contribution in [1.29, 1.82) is 0 Å². The average molecular weight is 436 g/mol. The lowest BCUT2D eigenvalue weighted by molar-refractivity contribution is -0.123. The molecule has 8 heteroatoms. The molecule has 0 radical (unpaired) electrons. The number of carbonyl (C=O) groups excluding carboxylic acids is 2. The Hall–Kier alpha value is -3.13. The first-order valence-electron chi connectivity index (χ1n) is 10.6. The van der Waals surface area contributed by atoms with Gasteiger partial charge in [0.15, 0.2) is 5.69 Å². The third kappa shape index (κ3) is 4.80. The second kappa shape index (κ2) is 9.78. The van der Waals surface area contributed by atoms with Crippen LogP contribution >= 0.6 is 11.5 Å². The van der Waals surface area contributed by atoms with Gasteiger partial charge in [0.1, 0.15) is 6.04 Å². The quantitative estimate of drug-likeness (QED) is 0.607. The molecule has 160 valence electrons. The molecule has 1 aromatic carbocycles. The van der Waals surface area contributed by atoms with Gasteiger partial charge in [0.05, 0.1) is 0 Å². The number of nitrogens with one attached hydrogen (secondary N) is 1. The Labute approximate surface area is 185 Å². The van der Waals surface area contributed by atoms with Crippen molar-refractivity contribution in [2.24, 2.45) is 0 Å². The summed E-state index contributed by atoms with van der Waals surface area (Å²) in [6, 6.07) is 10.6. The largest absolute Gasteiger partial charge is 0.351 e. The van der Waals surface area contributed by atoms with E-state index in [1.807, 2.05) is 30.3 Å². The zero-order chi connectivity index (χ0) is 21.6. The molecule has 2 amide bonds. The van der Waals surface area contributed by atoms with Crippen molar-refractivity contribution in [3.63, 3.8) is 0 Å². The summed E-state index contributed by atoms with van der Waals surface area (Å²) >= 11 is 1.11. The molecule has 0 aliphatic heterocycles. The fraction of sp³-hybridized carbons (Fsp3) is 0.348. The standard InChI is InChI=1S/C23H25N5O2S/c1-2-16-7-5-11-19(13-16)28(23(30)20-15-31-27-26-20)21(17-8-6-12-24-14-17)22(29)25-18-9-3-4-10-18/h5-8,11-15,18,21H,2-4,9-10H2,1H3,(H,25,29)/t21-/m0/s1. The molecule has 2 aromatic heterocycles. The molecule has 1 saturated carbocycles. The lowest BCUT2D eigenvalue weighted by atomic mass is 10.0. The molecule has 1 N–H and O–H groups in total. The third-order valence-electron chi connectivity index (χ3n) is 5.60. The van der Waals surface area contributed by atoms with E-state index in [1.54, 1.807) is 23.8 Å². The van der Waals surface area contributed by atoms with Crippen LogP contribution in [0.15, 0.2) is 54.2 Å². The number of benzene rings is 1. The van der Waals surface area contributed by atoms with Crippen molar-refractivity contribution in [3.8, 4) is 0 Å². The minimum absolute atomic E-state index is 0.131. The number of aromatic nitrogens is 3. The van der Waals surface area contributed by atoms with E-state index in [2.05, 4.69) is 26.8 Å². The molecule has 1 aliphatic rings. The normalized spacial score (nSPS) is 14.9. The lowest BCUT2D eigenvalue weighted by Crippen LogP contribution is -2.46. The van der Waals surface area contributed by atoms with E-state index in [0.717, 1.165) is 49.2 Å². The molecule has 7 nitrogen and oxygen atoms in total. The smallest absolute Gasteiger partial charge is 0.280 e. The van der Waals surface area contributed by atoms with Gasteiger partial charge in [-0.2, -0.15) is 0 Å². The number of pyridine rings is 1. The minimum atomic E-state index is -0.865. The number of anilines is 1. The number of hydrogen-bond donors (Lipinski definition) is 1. The van der Waals surface area contributed by atoms with Crippen molar-refractivity contribution >= 4 is 29.0 Å². The summed E-state index contributed by atoms with van der Waals surface area (Å²) in [4.78, 5) is 32.9. The van der Waals surface area contributed by atoms with Crippen molar-refractivity contribution in [2.45, 2.75) is 51.1 Å². The van der Waals surface area contributed by atoms with Crippen LogP contribution in [0.25, 0.3) is 0 Å². The van der Waals surface area contributed by atoms with Gasteiger partial charge in [0.2, 0.25) is 5.91 Å². The van der Waals surface area contributed by atoms with E-state index < -0.39 is 6.04 Å². The summed E-state index contributed by atoms with van der Waals surface area (Å²) in [5.41, 5.74) is 2.59. The van der Waals surface area contributed by atoms with Gasteiger partial charge in [-0.15, -0.1) is 5.10 Å². The highest BCUT2D eigenvalue weighted by Crippen LogP contribution is 2.31. The lowest BCUT2D eigenvalue weighted by Gasteiger charge is -2.32. The van der Waals surface area contributed by atoms with E-state index in [1.165, 1.54) is 4.90 Å². The van der Waals surface area contributed by atoms with Crippen molar-refractivity contribution in [2.75, 3.05) is 4.90 Å². The predicted molar refractivity (Wildman–Crippen MR) is 120 cm³/mol. The van der Waals surface area contributed by atoms with Crippen molar-refractivity contribution < 1.29 is 9.59 Å². The molecular formula is C23H25N5O2S. The molecule has 1 atom stereocenters. The van der Waals surface area contributed by atoms with E-state index >= 15 is 0 Å². The number of carbonyl (C=O) groups is 2. The maximum Gasteiger partial charge on any atom is 0.280 e. The molecular weight excluding hydrogens is 410 g/mol. The van der Waals surface area contributed by atoms with Gasteiger partial charge >= 0.3 is 0 Å². The summed E-state index contributed by atoms with van der Waals surface area (Å²) in [6.07, 6.45) is 8.25. The molecule has 31 heavy (non-hydrogen) atoms. The number of amides is 2. The fourth-order valence-corrected chi connectivity index (χ4v) is 4.43. The van der Waals surface area contributed by atoms with Gasteiger partial charge in [-0.05, 0) is 54.6 Å². The Balaban J connectivity index is 1.80. The molecule has 0 unspecified atom stereocenters. The summed E-state index contributed by atoms with van der Waals surface area (Å²) in [6.45, 7) is 2.06. The molecule has 1 fully saturated rings. The first kappa shape index (κ1) is 21.1. The number of nitrogens with zero attached hydrogens (tertiary/aromatic N) is 4.